The van der Waals surface area contributed by atoms with Crippen molar-refractivity contribution >= 4 is 6.09 Å². The lowest BCUT2D eigenvalue weighted by molar-refractivity contribution is 0.0123. The van der Waals surface area contributed by atoms with Crippen LogP contribution in [0.4, 0.5) is 4.79 Å². The van der Waals surface area contributed by atoms with Crippen LogP contribution in [0.15, 0.2) is 54.6 Å². The maximum atomic E-state index is 12.6. The molecule has 2 aliphatic rings. The molecule has 0 aliphatic carbocycles. The summed E-state index contributed by atoms with van der Waals surface area (Å²) in [6, 6.07) is 21.0. The summed E-state index contributed by atoms with van der Waals surface area (Å²) in [6.45, 7) is 16.4. The number of benzene rings is 3. The molecule has 6 heteroatoms. The van der Waals surface area contributed by atoms with Crippen molar-refractivity contribution in [1.29, 1.82) is 5.26 Å². The third-order valence-electron chi connectivity index (χ3n) is 8.61. The van der Waals surface area contributed by atoms with Gasteiger partial charge in [-0.05, 0) is 94.7 Å². The summed E-state index contributed by atoms with van der Waals surface area (Å²) in [5, 5.41) is 10.4. The molecule has 220 valence electrons. The van der Waals surface area contributed by atoms with Crippen LogP contribution >= 0.6 is 0 Å². The maximum absolute atomic E-state index is 12.6. The van der Waals surface area contributed by atoms with E-state index in [1.54, 1.807) is 4.90 Å². The van der Waals surface area contributed by atoms with E-state index in [-0.39, 0.29) is 6.09 Å². The first-order chi connectivity index (χ1) is 20.0. The highest BCUT2D eigenvalue weighted by Crippen LogP contribution is 2.37. The van der Waals surface area contributed by atoms with Gasteiger partial charge >= 0.3 is 6.09 Å². The highest BCUT2D eigenvalue weighted by atomic mass is 16.6. The van der Waals surface area contributed by atoms with Gasteiger partial charge in [-0.3, -0.25) is 4.90 Å². The molecule has 3 aromatic rings. The van der Waals surface area contributed by atoms with E-state index < -0.39 is 5.60 Å². The van der Waals surface area contributed by atoms with E-state index in [0.29, 0.717) is 30.8 Å². The van der Waals surface area contributed by atoms with Crippen molar-refractivity contribution in [3.8, 4) is 34.1 Å². The van der Waals surface area contributed by atoms with E-state index in [0.717, 1.165) is 58.5 Å². The Kier molecular flexibility index (Phi) is 8.35. The van der Waals surface area contributed by atoms with Gasteiger partial charge in [0, 0.05) is 42.8 Å². The summed E-state index contributed by atoms with van der Waals surface area (Å²) < 4.78 is 11.8. The first-order valence-electron chi connectivity index (χ1n) is 15.1. The summed E-state index contributed by atoms with van der Waals surface area (Å²) >= 11 is 0. The molecule has 0 bridgehead atoms. The van der Waals surface area contributed by atoms with E-state index >= 15 is 0 Å². The number of hydrogen-bond acceptors (Lipinski definition) is 5. The summed E-state index contributed by atoms with van der Waals surface area (Å²) in [4.78, 5) is 16.9. The topological polar surface area (TPSA) is 65.8 Å². The molecule has 6 nitrogen and oxygen atoms in total. The van der Waals surface area contributed by atoms with Crippen LogP contribution in [0.3, 0.4) is 0 Å². The summed E-state index contributed by atoms with van der Waals surface area (Å²) in [5.74, 6) is 0.869. The smallest absolute Gasteiger partial charge is 0.410 e. The number of hydrogen-bond donors (Lipinski definition) is 0. The summed E-state index contributed by atoms with van der Waals surface area (Å²) in [7, 11) is 0. The third kappa shape index (κ3) is 6.32. The number of ether oxygens (including phenoxy) is 2. The van der Waals surface area contributed by atoms with Crippen LogP contribution in [-0.2, 0) is 17.7 Å². The molecule has 0 radical (unpaired) electrons. The van der Waals surface area contributed by atoms with Crippen LogP contribution in [0.25, 0.3) is 22.3 Å². The number of carbonyl (C=O) groups excluding carboxylic acids is 1. The molecule has 1 fully saturated rings. The predicted molar refractivity (Wildman–Crippen MR) is 167 cm³/mol. The molecule has 3 aromatic carbocycles. The van der Waals surface area contributed by atoms with E-state index in [9.17, 15) is 10.1 Å². The lowest BCUT2D eigenvalue weighted by Gasteiger charge is -2.48. The molecular formula is C36H43N3O3. The molecule has 0 unspecified atom stereocenters. The number of nitriles is 1. The first kappa shape index (κ1) is 29.7. The number of likely N-dealkylation sites (tertiary alicyclic amines) is 1. The van der Waals surface area contributed by atoms with Crippen LogP contribution in [-0.4, -0.2) is 53.3 Å². The molecule has 1 amide bonds. The molecular weight excluding hydrogens is 522 g/mol. The standard InChI is InChI=1S/C36H43N3O3/c1-25-29(10-8-13-33(25)41-21-9-18-39-20-17-36(39,5)6)31-12-7-11-30(32(31)23-37)27-14-15-28-24-38(19-16-26(28)22-27)34(40)42-35(2,3)4/h7-8,10-15,22H,9,16-21,24H2,1-6H3. The van der Waals surface area contributed by atoms with Crippen molar-refractivity contribution in [2.24, 2.45) is 0 Å². The van der Waals surface area contributed by atoms with Crippen LogP contribution < -0.4 is 4.74 Å². The van der Waals surface area contributed by atoms with Crippen molar-refractivity contribution in [1.82, 2.24) is 9.80 Å². The Labute approximate surface area is 250 Å². The van der Waals surface area contributed by atoms with Gasteiger partial charge in [-0.1, -0.05) is 48.5 Å². The SMILES string of the molecule is Cc1c(OCCCN2CCC2(C)C)cccc1-c1cccc(-c2ccc3c(c2)CCN(C(=O)OC(C)(C)C)C3)c1C#N. The molecule has 0 N–H and O–H groups in total. The zero-order valence-electron chi connectivity index (χ0n) is 25.9. The highest BCUT2D eigenvalue weighted by molar-refractivity contribution is 5.84. The number of fused-ring (bicyclic) bond motifs is 1. The second kappa shape index (κ2) is 11.8. The maximum Gasteiger partial charge on any atom is 0.410 e. The second-order valence-electron chi connectivity index (χ2n) is 13.2. The minimum Gasteiger partial charge on any atom is -0.493 e. The minimum absolute atomic E-state index is 0.279. The van der Waals surface area contributed by atoms with Gasteiger partial charge in [0.15, 0.2) is 0 Å². The number of carbonyl (C=O) groups is 1. The molecule has 42 heavy (non-hydrogen) atoms. The third-order valence-corrected chi connectivity index (χ3v) is 8.61. The first-order valence-corrected chi connectivity index (χ1v) is 15.1. The van der Waals surface area contributed by atoms with Gasteiger partial charge in [0.1, 0.15) is 17.4 Å². The van der Waals surface area contributed by atoms with Gasteiger partial charge in [0.25, 0.3) is 0 Å². The molecule has 5 rings (SSSR count). The van der Waals surface area contributed by atoms with Crippen molar-refractivity contribution in [2.45, 2.75) is 78.5 Å². The van der Waals surface area contributed by atoms with Crippen molar-refractivity contribution in [2.75, 3.05) is 26.2 Å². The van der Waals surface area contributed by atoms with Crippen LogP contribution in [0.5, 0.6) is 5.75 Å². The van der Waals surface area contributed by atoms with Crippen molar-refractivity contribution in [3.63, 3.8) is 0 Å². The minimum atomic E-state index is -0.519. The molecule has 1 saturated heterocycles. The van der Waals surface area contributed by atoms with Crippen molar-refractivity contribution in [3.05, 3.63) is 76.9 Å². The number of nitrogens with zero attached hydrogens (tertiary/aromatic N) is 3. The average Bonchev–Trinajstić information content (AvgIpc) is 2.95. The van der Waals surface area contributed by atoms with Gasteiger partial charge in [-0.25, -0.2) is 4.79 Å². The normalized spacial score (nSPS) is 16.3. The molecule has 0 atom stereocenters. The largest absolute Gasteiger partial charge is 0.493 e. The molecule has 2 heterocycles. The van der Waals surface area contributed by atoms with Gasteiger partial charge < -0.3 is 14.4 Å². The Morgan fingerprint density at radius 2 is 1.74 bits per heavy atom. The quantitative estimate of drug-likeness (QED) is 0.274. The molecule has 0 aromatic heterocycles. The Balaban J connectivity index is 1.34. The Morgan fingerprint density at radius 1 is 1.00 bits per heavy atom. The molecule has 0 saturated carbocycles. The number of rotatable bonds is 7. The summed E-state index contributed by atoms with van der Waals surface area (Å²) in [6.07, 6.45) is 2.71. The van der Waals surface area contributed by atoms with Gasteiger partial charge in [0.05, 0.1) is 12.2 Å². The van der Waals surface area contributed by atoms with Gasteiger partial charge in [0.2, 0.25) is 0 Å². The molecule has 0 spiro atoms. The Bertz CT molecular complexity index is 1510. The number of amides is 1. The van der Waals surface area contributed by atoms with E-state index in [1.807, 2.05) is 51.1 Å². The van der Waals surface area contributed by atoms with Crippen LogP contribution in [0, 0.1) is 18.3 Å². The summed E-state index contributed by atoms with van der Waals surface area (Å²) in [5.41, 5.74) is 7.66. The highest BCUT2D eigenvalue weighted by Gasteiger charge is 2.34. The zero-order chi connectivity index (χ0) is 30.1. The van der Waals surface area contributed by atoms with E-state index in [4.69, 9.17) is 9.47 Å². The van der Waals surface area contributed by atoms with Gasteiger partial charge in [-0.2, -0.15) is 5.26 Å². The van der Waals surface area contributed by atoms with E-state index in [2.05, 4.69) is 56.0 Å². The van der Waals surface area contributed by atoms with E-state index in [1.165, 1.54) is 18.5 Å². The average molecular weight is 566 g/mol. The molecule has 2 aliphatic heterocycles. The fourth-order valence-corrected chi connectivity index (χ4v) is 5.97. The van der Waals surface area contributed by atoms with Crippen LogP contribution in [0.2, 0.25) is 0 Å². The Morgan fingerprint density at radius 3 is 2.43 bits per heavy atom. The monoisotopic (exact) mass is 565 g/mol. The van der Waals surface area contributed by atoms with Crippen LogP contribution in [0.1, 0.15) is 69.7 Å². The Hall–Kier alpha value is -3.82. The fraction of sp³-hybridized carbons (Fsp3) is 0.444. The lowest BCUT2D eigenvalue weighted by atomic mass is 9.88. The zero-order valence-corrected chi connectivity index (χ0v) is 25.9. The van der Waals surface area contributed by atoms with Gasteiger partial charge in [-0.15, -0.1) is 0 Å². The fourth-order valence-electron chi connectivity index (χ4n) is 5.97. The predicted octanol–water partition coefficient (Wildman–Crippen LogP) is 7.75. The van der Waals surface area contributed by atoms with Crippen molar-refractivity contribution < 1.29 is 14.3 Å². The second-order valence-corrected chi connectivity index (χ2v) is 13.2. The lowest BCUT2D eigenvalue weighted by Crippen LogP contribution is -2.55.